The van der Waals surface area contributed by atoms with E-state index in [1.807, 2.05) is 24.3 Å². The predicted octanol–water partition coefficient (Wildman–Crippen LogP) is 4.34. The number of hydrogen-bond donors (Lipinski definition) is 1. The lowest BCUT2D eigenvalue weighted by Crippen LogP contribution is -2.46. The number of halogens is 3. The number of pyridine rings is 1. The first-order valence-corrected chi connectivity index (χ1v) is 10.6. The molecule has 2 aromatic carbocycles. The number of aliphatic hydroxyl groups is 1. The van der Waals surface area contributed by atoms with E-state index in [2.05, 4.69) is 4.98 Å². The molecule has 0 radical (unpaired) electrons. The summed E-state index contributed by atoms with van der Waals surface area (Å²) in [6, 6.07) is 15.7. The van der Waals surface area contributed by atoms with Crippen molar-refractivity contribution in [1.29, 1.82) is 0 Å². The summed E-state index contributed by atoms with van der Waals surface area (Å²) in [5.41, 5.74) is 1.88. The summed E-state index contributed by atoms with van der Waals surface area (Å²) in [4.78, 5) is 30.6. The number of esters is 1. The van der Waals surface area contributed by atoms with E-state index in [4.69, 9.17) is 4.74 Å². The van der Waals surface area contributed by atoms with Crippen LogP contribution in [0.4, 0.5) is 13.2 Å². The number of methoxy groups -OCH3 is 1. The van der Waals surface area contributed by atoms with E-state index in [0.29, 0.717) is 11.1 Å². The Morgan fingerprint density at radius 2 is 1.74 bits per heavy atom. The van der Waals surface area contributed by atoms with Crippen LogP contribution < -0.4 is 0 Å². The van der Waals surface area contributed by atoms with Gasteiger partial charge in [0, 0.05) is 24.4 Å². The topological polar surface area (TPSA) is 79.7 Å². The number of aromatic nitrogens is 1. The summed E-state index contributed by atoms with van der Waals surface area (Å²) < 4.78 is 43.0. The van der Waals surface area contributed by atoms with Gasteiger partial charge in [0.2, 0.25) is 5.91 Å². The highest BCUT2D eigenvalue weighted by molar-refractivity contribution is 5.94. The van der Waals surface area contributed by atoms with E-state index >= 15 is 0 Å². The highest BCUT2D eigenvalue weighted by Gasteiger charge is 2.30. The molecule has 1 N–H and O–H groups in total. The van der Waals surface area contributed by atoms with E-state index in [1.165, 1.54) is 18.2 Å². The van der Waals surface area contributed by atoms with Crippen molar-refractivity contribution in [2.45, 2.75) is 18.8 Å². The molecule has 0 unspecified atom stereocenters. The minimum Gasteiger partial charge on any atom is -0.467 e. The first-order valence-electron chi connectivity index (χ1n) is 10.6. The van der Waals surface area contributed by atoms with Gasteiger partial charge in [0.15, 0.2) is 6.04 Å². The fraction of sp³-hybridized carbons (Fsp3) is 0.192. The summed E-state index contributed by atoms with van der Waals surface area (Å²) in [7, 11) is 1.15. The average Bonchev–Trinajstić information content (AvgIpc) is 2.87. The highest BCUT2D eigenvalue weighted by Crippen LogP contribution is 2.29. The maximum Gasteiger partial charge on any atom is 0.416 e. The Hall–Kier alpha value is -3.98. The van der Waals surface area contributed by atoms with E-state index in [9.17, 15) is 27.9 Å². The number of hydrogen-bond acceptors (Lipinski definition) is 5. The molecule has 0 saturated carbocycles. The third kappa shape index (κ3) is 6.77. The van der Waals surface area contributed by atoms with Crippen molar-refractivity contribution in [3.63, 3.8) is 0 Å². The molecular formula is C26H23F3N2O4. The third-order valence-electron chi connectivity index (χ3n) is 5.23. The molecule has 0 spiro atoms. The molecule has 35 heavy (non-hydrogen) atoms. The van der Waals surface area contributed by atoms with Crippen molar-refractivity contribution in [2.24, 2.45) is 0 Å². The molecule has 1 atom stereocenters. The second-order valence-electron chi connectivity index (χ2n) is 7.55. The summed E-state index contributed by atoms with van der Waals surface area (Å²) in [6.45, 7) is -0.683. The smallest absolute Gasteiger partial charge is 0.416 e. The van der Waals surface area contributed by atoms with Crippen LogP contribution in [-0.4, -0.2) is 46.6 Å². The molecule has 0 aliphatic carbocycles. The Bertz CT molecular complexity index is 1160. The van der Waals surface area contributed by atoms with Crippen molar-refractivity contribution >= 4 is 18.0 Å². The van der Waals surface area contributed by atoms with Gasteiger partial charge in [-0.25, -0.2) is 4.79 Å². The zero-order valence-corrected chi connectivity index (χ0v) is 18.8. The molecule has 0 bridgehead atoms. The number of carbonyl (C=O) groups excluding carboxylic acids is 2. The molecule has 0 aliphatic rings. The zero-order valence-electron chi connectivity index (χ0n) is 18.8. The Balaban J connectivity index is 1.82. The minimum atomic E-state index is -4.46. The van der Waals surface area contributed by atoms with Gasteiger partial charge in [0.1, 0.15) is 0 Å². The van der Waals surface area contributed by atoms with Crippen LogP contribution in [0.5, 0.6) is 0 Å². The number of nitrogens with zero attached hydrogens (tertiary/aromatic N) is 2. The number of benzene rings is 2. The second-order valence-corrected chi connectivity index (χ2v) is 7.55. The van der Waals surface area contributed by atoms with E-state index in [0.717, 1.165) is 41.5 Å². The van der Waals surface area contributed by atoms with Crippen LogP contribution in [0.3, 0.4) is 0 Å². The molecule has 6 nitrogen and oxygen atoms in total. The Morgan fingerprint density at radius 3 is 2.29 bits per heavy atom. The van der Waals surface area contributed by atoms with E-state index < -0.39 is 36.3 Å². The van der Waals surface area contributed by atoms with E-state index in [1.54, 1.807) is 24.4 Å². The highest BCUT2D eigenvalue weighted by atomic mass is 19.4. The monoisotopic (exact) mass is 484 g/mol. The number of carbonyl (C=O) groups is 2. The van der Waals surface area contributed by atoms with Crippen molar-refractivity contribution in [2.75, 3.05) is 13.7 Å². The zero-order chi connectivity index (χ0) is 25.4. The van der Waals surface area contributed by atoms with Gasteiger partial charge in [0.05, 0.1) is 25.0 Å². The van der Waals surface area contributed by atoms with Crippen LogP contribution in [0.2, 0.25) is 0 Å². The fourth-order valence-electron chi connectivity index (χ4n) is 3.34. The molecular weight excluding hydrogens is 461 g/mol. The Morgan fingerprint density at radius 1 is 1.06 bits per heavy atom. The molecule has 0 saturated heterocycles. The van der Waals surface area contributed by atoms with Gasteiger partial charge < -0.3 is 14.7 Å². The first-order chi connectivity index (χ1) is 16.7. The van der Waals surface area contributed by atoms with Crippen LogP contribution in [0.1, 0.15) is 16.7 Å². The summed E-state index contributed by atoms with van der Waals surface area (Å²) in [5, 5.41) is 9.78. The number of ether oxygens (including phenoxy) is 1. The van der Waals surface area contributed by atoms with Crippen molar-refractivity contribution in [3.05, 3.63) is 95.7 Å². The molecule has 1 amide bonds. The average molecular weight is 484 g/mol. The Kier molecular flexibility index (Phi) is 8.38. The minimum absolute atomic E-state index is 0.0149. The number of aliphatic hydroxyl groups excluding tert-OH is 1. The molecule has 3 aromatic rings. The quantitative estimate of drug-likeness (QED) is 0.380. The molecule has 0 aliphatic heterocycles. The maximum atomic E-state index is 13.0. The van der Waals surface area contributed by atoms with Crippen molar-refractivity contribution < 1.29 is 32.6 Å². The fourth-order valence-corrected chi connectivity index (χ4v) is 3.34. The standard InChI is InChI=1S/C26H23F3N2O4/c1-35-25(34)23(17-32)31(16-19-5-10-20(11-6-19)22-4-2-3-15-30-22)24(33)14-9-18-7-12-21(13-8-18)26(27,28)29/h2-15,23,32H,16-17H2,1H3/t23-/m0/s1. The van der Waals surface area contributed by atoms with Gasteiger partial charge in [-0.2, -0.15) is 13.2 Å². The second kappa shape index (κ2) is 11.4. The number of rotatable bonds is 8. The van der Waals surface area contributed by atoms with Crippen LogP contribution in [-0.2, 0) is 27.0 Å². The van der Waals surface area contributed by atoms with Crippen LogP contribution in [0, 0.1) is 0 Å². The van der Waals surface area contributed by atoms with Crippen LogP contribution in [0.15, 0.2) is 79.0 Å². The molecule has 3 rings (SSSR count). The third-order valence-corrected chi connectivity index (χ3v) is 5.23. The lowest BCUT2D eigenvalue weighted by atomic mass is 10.1. The van der Waals surface area contributed by atoms with Crippen LogP contribution in [0.25, 0.3) is 17.3 Å². The number of amides is 1. The van der Waals surface area contributed by atoms with Gasteiger partial charge in [-0.1, -0.05) is 42.5 Å². The molecule has 9 heteroatoms. The maximum absolute atomic E-state index is 13.0. The predicted molar refractivity (Wildman–Crippen MR) is 124 cm³/mol. The lowest BCUT2D eigenvalue weighted by molar-refractivity contribution is -0.153. The molecule has 182 valence electrons. The lowest BCUT2D eigenvalue weighted by Gasteiger charge is -2.28. The van der Waals surface area contributed by atoms with Crippen molar-refractivity contribution in [3.8, 4) is 11.3 Å². The molecule has 1 heterocycles. The summed E-state index contributed by atoms with van der Waals surface area (Å²) >= 11 is 0. The normalized spacial score (nSPS) is 12.4. The van der Waals surface area contributed by atoms with Gasteiger partial charge in [-0.3, -0.25) is 9.78 Å². The Labute approximate surface area is 200 Å². The van der Waals surface area contributed by atoms with Crippen LogP contribution >= 0.6 is 0 Å². The van der Waals surface area contributed by atoms with Gasteiger partial charge in [-0.05, 0) is 41.5 Å². The largest absolute Gasteiger partial charge is 0.467 e. The summed E-state index contributed by atoms with van der Waals surface area (Å²) in [6.07, 6.45) is -0.313. The van der Waals surface area contributed by atoms with Gasteiger partial charge in [-0.15, -0.1) is 0 Å². The SMILES string of the molecule is COC(=O)[C@H](CO)N(Cc1ccc(-c2ccccn2)cc1)C(=O)C=Cc1ccc(C(F)(F)F)cc1. The summed E-state index contributed by atoms with van der Waals surface area (Å²) in [5.74, 6) is -1.42. The van der Waals surface area contributed by atoms with Gasteiger partial charge >= 0.3 is 12.1 Å². The number of alkyl halides is 3. The van der Waals surface area contributed by atoms with Crippen molar-refractivity contribution in [1.82, 2.24) is 9.88 Å². The van der Waals surface area contributed by atoms with E-state index in [-0.39, 0.29) is 6.54 Å². The first kappa shape index (κ1) is 25.6. The molecule has 0 fully saturated rings. The molecule has 1 aromatic heterocycles. The van der Waals surface area contributed by atoms with Gasteiger partial charge in [0.25, 0.3) is 0 Å².